The number of carbonyl (C=O) groups is 2. The number of ketones is 1. The van der Waals surface area contributed by atoms with E-state index in [4.69, 9.17) is 9.47 Å². The number of aliphatic hydroxyl groups excluding tert-OH is 1. The molecule has 1 aromatic heterocycles. The molecule has 0 bridgehead atoms. The molecule has 1 amide bonds. The van der Waals surface area contributed by atoms with Crippen LogP contribution in [0.3, 0.4) is 0 Å². The molecule has 1 aromatic carbocycles. The number of aromatic nitrogens is 1. The van der Waals surface area contributed by atoms with Gasteiger partial charge >= 0.3 is 0 Å². The van der Waals surface area contributed by atoms with Crippen LogP contribution in [0.25, 0.3) is 5.76 Å². The number of rotatable bonds is 7. The van der Waals surface area contributed by atoms with Crippen LogP contribution in [-0.2, 0) is 14.3 Å². The summed E-state index contributed by atoms with van der Waals surface area (Å²) < 4.78 is 10.8. The lowest BCUT2D eigenvalue weighted by Crippen LogP contribution is -2.32. The second kappa shape index (κ2) is 9.09. The van der Waals surface area contributed by atoms with E-state index in [1.807, 2.05) is 20.8 Å². The predicted octanol–water partition coefficient (Wildman–Crippen LogP) is 3.25. The van der Waals surface area contributed by atoms with Gasteiger partial charge in [0.2, 0.25) is 0 Å². The minimum absolute atomic E-state index is 0.0148. The number of likely N-dealkylation sites (tertiary alicyclic amines) is 1. The highest BCUT2D eigenvalue weighted by Gasteiger charge is 2.45. The molecule has 30 heavy (non-hydrogen) atoms. The number of Topliss-reactive ketones (excluding diaryl/α,β-unsaturated/α-hetero) is 1. The lowest BCUT2D eigenvalue weighted by atomic mass is 9.95. The summed E-state index contributed by atoms with van der Waals surface area (Å²) in [6.07, 6.45) is 3.20. The van der Waals surface area contributed by atoms with Gasteiger partial charge in [-0.3, -0.25) is 14.6 Å². The number of hydrogen-bond donors (Lipinski definition) is 1. The maximum absolute atomic E-state index is 12.9. The first-order valence-electron chi connectivity index (χ1n) is 9.80. The summed E-state index contributed by atoms with van der Waals surface area (Å²) in [6, 6.07) is 7.94. The van der Waals surface area contributed by atoms with Gasteiger partial charge in [0.1, 0.15) is 11.5 Å². The third kappa shape index (κ3) is 4.21. The maximum atomic E-state index is 12.9. The van der Waals surface area contributed by atoms with Crippen molar-refractivity contribution in [1.29, 1.82) is 0 Å². The molecule has 2 aromatic rings. The van der Waals surface area contributed by atoms with E-state index in [2.05, 4.69) is 4.98 Å². The first-order valence-corrected chi connectivity index (χ1v) is 9.80. The minimum atomic E-state index is -0.717. The summed E-state index contributed by atoms with van der Waals surface area (Å²) in [7, 11) is 1.53. The highest BCUT2D eigenvalue weighted by molar-refractivity contribution is 6.46. The van der Waals surface area contributed by atoms with Crippen molar-refractivity contribution in [2.75, 3.05) is 20.3 Å². The normalized spacial score (nSPS) is 18.3. The van der Waals surface area contributed by atoms with Crippen LogP contribution < -0.4 is 4.74 Å². The Bertz CT molecular complexity index is 969. The van der Waals surface area contributed by atoms with Crippen LogP contribution in [0.5, 0.6) is 5.75 Å². The molecule has 1 aliphatic rings. The quantitative estimate of drug-likeness (QED) is 0.428. The molecule has 0 unspecified atom stereocenters. The van der Waals surface area contributed by atoms with Gasteiger partial charge in [-0.15, -0.1) is 0 Å². The summed E-state index contributed by atoms with van der Waals surface area (Å²) in [4.78, 5) is 31.0. The zero-order chi connectivity index (χ0) is 21.8. The van der Waals surface area contributed by atoms with E-state index >= 15 is 0 Å². The molecule has 1 aliphatic heterocycles. The van der Waals surface area contributed by atoms with Crippen LogP contribution in [0.2, 0.25) is 0 Å². The zero-order valence-electron chi connectivity index (χ0n) is 17.6. The van der Waals surface area contributed by atoms with Gasteiger partial charge in [-0.2, -0.15) is 0 Å². The summed E-state index contributed by atoms with van der Waals surface area (Å²) in [5.74, 6) is -0.889. The van der Waals surface area contributed by atoms with Gasteiger partial charge in [-0.25, -0.2) is 0 Å². The number of pyridine rings is 1. The second-order valence-electron chi connectivity index (χ2n) is 7.41. The van der Waals surface area contributed by atoms with Crippen molar-refractivity contribution < 1.29 is 24.2 Å². The molecular weight excluding hydrogens is 384 g/mol. The van der Waals surface area contributed by atoms with Gasteiger partial charge in [0.05, 0.1) is 24.3 Å². The highest BCUT2D eigenvalue weighted by atomic mass is 16.5. The van der Waals surface area contributed by atoms with E-state index < -0.39 is 17.7 Å². The number of aryl methyl sites for hydroxylation is 1. The highest BCUT2D eigenvalue weighted by Crippen LogP contribution is 2.39. The van der Waals surface area contributed by atoms with Gasteiger partial charge in [0.15, 0.2) is 0 Å². The van der Waals surface area contributed by atoms with E-state index in [0.29, 0.717) is 16.9 Å². The van der Waals surface area contributed by atoms with Gasteiger partial charge < -0.3 is 19.5 Å². The summed E-state index contributed by atoms with van der Waals surface area (Å²) in [5.41, 5.74) is 2.02. The van der Waals surface area contributed by atoms with Crippen molar-refractivity contribution in [2.45, 2.75) is 32.9 Å². The molecule has 1 atom stereocenters. The Labute approximate surface area is 175 Å². The predicted molar refractivity (Wildman–Crippen MR) is 112 cm³/mol. The molecule has 1 saturated heterocycles. The topological polar surface area (TPSA) is 89.0 Å². The molecule has 0 spiro atoms. The molecule has 1 fully saturated rings. The lowest BCUT2D eigenvalue weighted by molar-refractivity contribution is -0.140. The minimum Gasteiger partial charge on any atom is -0.507 e. The fraction of sp³-hybridized carbons (Fsp3) is 0.348. The first kappa shape index (κ1) is 21.5. The Hall–Kier alpha value is -3.19. The zero-order valence-corrected chi connectivity index (χ0v) is 17.6. The van der Waals surface area contributed by atoms with Crippen LogP contribution in [0, 0.1) is 6.92 Å². The van der Waals surface area contributed by atoms with Crippen LogP contribution in [0.15, 0.2) is 48.3 Å². The number of aliphatic hydroxyl groups is 1. The van der Waals surface area contributed by atoms with E-state index in [-0.39, 0.29) is 30.6 Å². The molecule has 0 saturated carbocycles. The van der Waals surface area contributed by atoms with Crippen molar-refractivity contribution in [3.63, 3.8) is 0 Å². The van der Waals surface area contributed by atoms with E-state index in [0.717, 1.165) is 5.56 Å². The number of benzene rings is 1. The van der Waals surface area contributed by atoms with Crippen molar-refractivity contribution in [3.8, 4) is 5.75 Å². The van der Waals surface area contributed by atoms with Crippen LogP contribution >= 0.6 is 0 Å². The van der Waals surface area contributed by atoms with Crippen LogP contribution in [-0.4, -0.2) is 53.0 Å². The molecular formula is C23H26N2O5. The van der Waals surface area contributed by atoms with E-state index in [1.54, 1.807) is 42.7 Å². The van der Waals surface area contributed by atoms with Crippen LogP contribution in [0.4, 0.5) is 0 Å². The third-order valence-corrected chi connectivity index (χ3v) is 4.91. The van der Waals surface area contributed by atoms with Crippen molar-refractivity contribution in [2.24, 2.45) is 0 Å². The molecule has 0 aliphatic carbocycles. The Morgan fingerprint density at radius 1 is 1.20 bits per heavy atom. The Morgan fingerprint density at radius 2 is 1.90 bits per heavy atom. The fourth-order valence-electron chi connectivity index (χ4n) is 3.53. The third-order valence-electron chi connectivity index (χ3n) is 4.91. The Balaban J connectivity index is 2.10. The molecule has 0 radical (unpaired) electrons. The van der Waals surface area contributed by atoms with Gasteiger partial charge in [0, 0.05) is 31.6 Å². The van der Waals surface area contributed by atoms with E-state index in [1.165, 1.54) is 12.0 Å². The fourth-order valence-corrected chi connectivity index (χ4v) is 3.53. The Morgan fingerprint density at radius 3 is 2.50 bits per heavy atom. The second-order valence-corrected chi connectivity index (χ2v) is 7.41. The summed E-state index contributed by atoms with van der Waals surface area (Å²) >= 11 is 0. The average molecular weight is 410 g/mol. The smallest absolute Gasteiger partial charge is 0.295 e. The number of carbonyl (C=O) groups excluding carboxylic acids is 2. The standard InChI is InChI=1S/C23H26N2O5/c1-14(2)30-18-6-5-17(13-15(18)3)21(26)19-20(16-7-9-24-10-8-16)25(11-12-29-4)23(28)22(19)27/h5-10,13-14,20,26H,11-12H2,1-4H3/b21-19+/t20-/m1/s1. The number of ether oxygens (including phenoxy) is 2. The Kier molecular flexibility index (Phi) is 6.52. The van der Waals surface area contributed by atoms with Gasteiger partial charge in [-0.1, -0.05) is 0 Å². The lowest BCUT2D eigenvalue weighted by Gasteiger charge is -2.25. The molecule has 1 N–H and O–H groups in total. The van der Waals surface area contributed by atoms with E-state index in [9.17, 15) is 14.7 Å². The largest absolute Gasteiger partial charge is 0.507 e. The first-order chi connectivity index (χ1) is 14.3. The summed E-state index contributed by atoms with van der Waals surface area (Å²) in [6.45, 7) is 6.24. The number of hydrogen-bond acceptors (Lipinski definition) is 6. The SMILES string of the molecule is COCCN1C(=O)C(=O)/C(=C(/O)c2ccc(OC(C)C)c(C)c2)[C@H]1c1ccncc1. The number of amides is 1. The average Bonchev–Trinajstić information content (AvgIpc) is 2.98. The van der Waals surface area contributed by atoms with Gasteiger partial charge in [-0.05, 0) is 62.2 Å². The molecule has 158 valence electrons. The van der Waals surface area contributed by atoms with Crippen LogP contribution in [0.1, 0.15) is 36.6 Å². The number of nitrogens with zero attached hydrogens (tertiary/aromatic N) is 2. The molecule has 7 heteroatoms. The van der Waals surface area contributed by atoms with Crippen molar-refractivity contribution in [3.05, 3.63) is 65.0 Å². The molecule has 2 heterocycles. The number of methoxy groups -OCH3 is 1. The molecule has 3 rings (SSSR count). The monoisotopic (exact) mass is 410 g/mol. The summed E-state index contributed by atoms with van der Waals surface area (Å²) in [5, 5.41) is 11.1. The van der Waals surface area contributed by atoms with Crippen molar-refractivity contribution >= 4 is 17.4 Å². The van der Waals surface area contributed by atoms with Crippen molar-refractivity contribution in [1.82, 2.24) is 9.88 Å². The maximum Gasteiger partial charge on any atom is 0.295 e. The molecule has 7 nitrogen and oxygen atoms in total. The van der Waals surface area contributed by atoms with Gasteiger partial charge in [0.25, 0.3) is 11.7 Å².